The minimum Gasteiger partial charge on any atom is -0.329 e. The minimum atomic E-state index is -0.218. The van der Waals surface area contributed by atoms with Gasteiger partial charge >= 0.3 is 0 Å². The Morgan fingerprint density at radius 1 is 1.40 bits per heavy atom. The highest BCUT2D eigenvalue weighted by molar-refractivity contribution is 6.18. The van der Waals surface area contributed by atoms with Crippen LogP contribution >= 0.6 is 0 Å². The van der Waals surface area contributed by atoms with Gasteiger partial charge in [-0.1, -0.05) is 19.1 Å². The third-order valence-corrected chi connectivity index (χ3v) is 2.75. The summed E-state index contributed by atoms with van der Waals surface area (Å²) < 4.78 is 0. The highest BCUT2D eigenvalue weighted by Crippen LogP contribution is 2.28. The smallest absolute Gasteiger partial charge is 0.174 e. The molecule has 0 amide bonds. The summed E-state index contributed by atoms with van der Waals surface area (Å²) >= 11 is 0. The zero-order valence-electron chi connectivity index (χ0n) is 8.73. The summed E-state index contributed by atoms with van der Waals surface area (Å²) in [7, 11) is 0. The molecule has 0 saturated heterocycles. The standard InChI is InChI=1S/C12H14N2O/c1-2-10-9(7-13)12(15)8-5-3-4-6-11(8)14-10/h3-6,9H,2,7,13H2,1H3. The van der Waals surface area contributed by atoms with Gasteiger partial charge in [0.25, 0.3) is 0 Å². The summed E-state index contributed by atoms with van der Waals surface area (Å²) in [6.45, 7) is 2.35. The van der Waals surface area contributed by atoms with Gasteiger partial charge in [0, 0.05) is 17.8 Å². The molecule has 3 nitrogen and oxygen atoms in total. The van der Waals surface area contributed by atoms with Gasteiger partial charge in [-0.25, -0.2) is 0 Å². The van der Waals surface area contributed by atoms with Gasteiger partial charge < -0.3 is 5.73 Å². The third-order valence-electron chi connectivity index (χ3n) is 2.75. The normalized spacial score (nSPS) is 19.7. The number of carbonyl (C=O) groups is 1. The zero-order chi connectivity index (χ0) is 10.8. The first kappa shape index (κ1) is 10.1. The molecule has 1 aliphatic heterocycles. The highest BCUT2D eigenvalue weighted by atomic mass is 16.1. The van der Waals surface area contributed by atoms with E-state index in [0.29, 0.717) is 12.1 Å². The first-order valence-corrected chi connectivity index (χ1v) is 5.18. The molecule has 3 heteroatoms. The number of aliphatic imine (C=N–C) groups is 1. The molecular formula is C12H14N2O. The van der Waals surface area contributed by atoms with Crippen LogP contribution < -0.4 is 5.73 Å². The number of hydrogen-bond acceptors (Lipinski definition) is 3. The lowest BCUT2D eigenvalue weighted by Crippen LogP contribution is -2.33. The predicted octanol–water partition coefficient (Wildman–Crippen LogP) is 1.94. The Morgan fingerprint density at radius 3 is 2.80 bits per heavy atom. The second-order valence-corrected chi connectivity index (χ2v) is 3.63. The first-order chi connectivity index (χ1) is 7.27. The van der Waals surface area contributed by atoms with Gasteiger partial charge in [-0.05, 0) is 18.6 Å². The van der Waals surface area contributed by atoms with E-state index in [0.717, 1.165) is 17.8 Å². The number of hydrogen-bond donors (Lipinski definition) is 1. The van der Waals surface area contributed by atoms with E-state index >= 15 is 0 Å². The molecule has 1 heterocycles. The quantitative estimate of drug-likeness (QED) is 0.796. The summed E-state index contributed by atoms with van der Waals surface area (Å²) in [5.41, 5.74) is 8.00. The molecule has 0 aliphatic carbocycles. The lowest BCUT2D eigenvalue weighted by molar-refractivity contribution is 0.0955. The van der Waals surface area contributed by atoms with Crippen molar-refractivity contribution in [2.45, 2.75) is 13.3 Å². The van der Waals surface area contributed by atoms with Crippen molar-refractivity contribution in [3.05, 3.63) is 29.8 Å². The lowest BCUT2D eigenvalue weighted by Gasteiger charge is -2.21. The van der Waals surface area contributed by atoms with Crippen LogP contribution in [0.2, 0.25) is 0 Å². The van der Waals surface area contributed by atoms with Gasteiger partial charge in [-0.15, -0.1) is 0 Å². The molecule has 1 aliphatic rings. The number of rotatable bonds is 2. The molecule has 1 unspecified atom stereocenters. The molecule has 0 fully saturated rings. The van der Waals surface area contributed by atoms with Gasteiger partial charge in [-0.3, -0.25) is 9.79 Å². The van der Waals surface area contributed by atoms with Crippen LogP contribution in [0.1, 0.15) is 23.7 Å². The van der Waals surface area contributed by atoms with Crippen LogP contribution in [0.3, 0.4) is 0 Å². The number of benzene rings is 1. The van der Waals surface area contributed by atoms with E-state index in [9.17, 15) is 4.79 Å². The summed E-state index contributed by atoms with van der Waals surface area (Å²) in [6, 6.07) is 7.44. The zero-order valence-corrected chi connectivity index (χ0v) is 8.73. The highest BCUT2D eigenvalue weighted by Gasteiger charge is 2.28. The molecule has 0 radical (unpaired) electrons. The van der Waals surface area contributed by atoms with Crippen molar-refractivity contribution in [3.63, 3.8) is 0 Å². The summed E-state index contributed by atoms with van der Waals surface area (Å²) in [5.74, 6) is -0.107. The molecule has 2 rings (SSSR count). The summed E-state index contributed by atoms with van der Waals surface area (Å²) in [6.07, 6.45) is 0.780. The fourth-order valence-electron chi connectivity index (χ4n) is 1.92. The van der Waals surface area contributed by atoms with E-state index in [-0.39, 0.29) is 11.7 Å². The van der Waals surface area contributed by atoms with Gasteiger partial charge in [0.15, 0.2) is 5.78 Å². The number of para-hydroxylation sites is 1. The van der Waals surface area contributed by atoms with Gasteiger partial charge in [-0.2, -0.15) is 0 Å². The largest absolute Gasteiger partial charge is 0.329 e. The Bertz CT molecular complexity index is 423. The molecule has 1 atom stereocenters. The summed E-state index contributed by atoms with van der Waals surface area (Å²) in [5, 5.41) is 0. The van der Waals surface area contributed by atoms with Crippen molar-refractivity contribution < 1.29 is 4.79 Å². The van der Waals surface area contributed by atoms with E-state index in [1.54, 1.807) is 0 Å². The van der Waals surface area contributed by atoms with E-state index in [1.165, 1.54) is 0 Å². The van der Waals surface area contributed by atoms with Crippen molar-refractivity contribution >= 4 is 17.2 Å². The predicted molar refractivity (Wildman–Crippen MR) is 60.7 cm³/mol. The number of nitrogens with zero attached hydrogens (tertiary/aromatic N) is 1. The molecule has 0 bridgehead atoms. The fraction of sp³-hybridized carbons (Fsp3) is 0.333. The fourth-order valence-corrected chi connectivity index (χ4v) is 1.92. The average Bonchev–Trinajstić information content (AvgIpc) is 2.29. The minimum absolute atomic E-state index is 0.111. The molecule has 2 N–H and O–H groups in total. The molecule has 0 saturated carbocycles. The van der Waals surface area contributed by atoms with E-state index < -0.39 is 0 Å². The van der Waals surface area contributed by atoms with Crippen molar-refractivity contribution in [3.8, 4) is 0 Å². The number of ketones is 1. The van der Waals surface area contributed by atoms with Crippen molar-refractivity contribution in [1.29, 1.82) is 0 Å². The Morgan fingerprint density at radius 2 is 2.13 bits per heavy atom. The maximum atomic E-state index is 12.1. The molecule has 78 valence electrons. The molecule has 0 spiro atoms. The topological polar surface area (TPSA) is 55.5 Å². The molecule has 0 aromatic heterocycles. The molecule has 1 aromatic carbocycles. The Labute approximate surface area is 89.0 Å². The van der Waals surface area contributed by atoms with Crippen molar-refractivity contribution in [2.24, 2.45) is 16.6 Å². The monoisotopic (exact) mass is 202 g/mol. The van der Waals surface area contributed by atoms with Crippen molar-refractivity contribution in [2.75, 3.05) is 6.54 Å². The van der Waals surface area contributed by atoms with Crippen LogP contribution in [0, 0.1) is 5.92 Å². The van der Waals surface area contributed by atoms with Crippen LogP contribution in [0.15, 0.2) is 29.3 Å². The Balaban J connectivity index is 2.54. The first-order valence-electron chi connectivity index (χ1n) is 5.18. The van der Waals surface area contributed by atoms with Gasteiger partial charge in [0.05, 0.1) is 11.6 Å². The number of nitrogens with two attached hydrogens (primary N) is 1. The van der Waals surface area contributed by atoms with E-state index in [4.69, 9.17) is 5.73 Å². The van der Waals surface area contributed by atoms with Gasteiger partial charge in [0.2, 0.25) is 0 Å². The maximum absolute atomic E-state index is 12.1. The second kappa shape index (κ2) is 3.95. The maximum Gasteiger partial charge on any atom is 0.174 e. The molecule has 1 aromatic rings. The van der Waals surface area contributed by atoms with Crippen molar-refractivity contribution in [1.82, 2.24) is 0 Å². The van der Waals surface area contributed by atoms with Crippen LogP contribution in [0.5, 0.6) is 0 Å². The van der Waals surface area contributed by atoms with Crippen LogP contribution in [0.4, 0.5) is 5.69 Å². The van der Waals surface area contributed by atoms with E-state index in [2.05, 4.69) is 4.99 Å². The van der Waals surface area contributed by atoms with Gasteiger partial charge in [0.1, 0.15) is 0 Å². The lowest BCUT2D eigenvalue weighted by atomic mass is 9.88. The third kappa shape index (κ3) is 1.59. The molecular weight excluding hydrogens is 188 g/mol. The number of fused-ring (bicyclic) bond motifs is 1. The van der Waals surface area contributed by atoms with E-state index in [1.807, 2.05) is 31.2 Å². The van der Waals surface area contributed by atoms with Crippen LogP contribution in [-0.2, 0) is 0 Å². The van der Waals surface area contributed by atoms with Crippen LogP contribution in [-0.4, -0.2) is 18.0 Å². The van der Waals surface area contributed by atoms with Crippen LogP contribution in [0.25, 0.3) is 0 Å². The Kier molecular flexibility index (Phi) is 2.64. The average molecular weight is 202 g/mol. The number of carbonyl (C=O) groups excluding carboxylic acids is 1. The SMILES string of the molecule is CCC1=Nc2ccccc2C(=O)C1CN. The number of Topliss-reactive ketones (excluding diaryl/α,β-unsaturated/α-hetero) is 1. The Hall–Kier alpha value is -1.48. The second-order valence-electron chi connectivity index (χ2n) is 3.63. The summed E-state index contributed by atoms with van der Waals surface area (Å²) in [4.78, 5) is 16.5. The molecule has 15 heavy (non-hydrogen) atoms.